The summed E-state index contributed by atoms with van der Waals surface area (Å²) in [7, 11) is -3.18. The number of ether oxygens (including phenoxy) is 1. The molecular formula is C19H22F3NO5S. The molecule has 2 atom stereocenters. The summed E-state index contributed by atoms with van der Waals surface area (Å²) in [6.07, 6.45) is -3.22. The van der Waals surface area contributed by atoms with E-state index in [9.17, 15) is 31.2 Å². The lowest BCUT2D eigenvalue weighted by molar-refractivity contribution is -0.156. The maximum absolute atomic E-state index is 12.7. The molecular weight excluding hydrogens is 411 g/mol. The summed E-state index contributed by atoms with van der Waals surface area (Å²) in [4.78, 5) is 25.9. The molecule has 10 heteroatoms. The Hall–Kier alpha value is -2.36. The Morgan fingerprint density at radius 2 is 2.03 bits per heavy atom. The number of benzene rings is 1. The minimum Gasteiger partial charge on any atom is -0.449 e. The lowest BCUT2D eigenvalue weighted by Crippen LogP contribution is -2.46. The van der Waals surface area contributed by atoms with Crippen LogP contribution in [0.25, 0.3) is 6.08 Å². The molecule has 0 aromatic heterocycles. The Morgan fingerprint density at radius 1 is 1.34 bits per heavy atom. The minimum atomic E-state index is -4.50. The number of amides is 1. The first kappa shape index (κ1) is 22.9. The predicted molar refractivity (Wildman–Crippen MR) is 100 cm³/mol. The van der Waals surface area contributed by atoms with Crippen LogP contribution in [-0.4, -0.2) is 55.4 Å². The van der Waals surface area contributed by atoms with E-state index in [0.717, 1.165) is 24.3 Å². The zero-order valence-corrected chi connectivity index (χ0v) is 16.8. The van der Waals surface area contributed by atoms with Crippen molar-refractivity contribution in [1.82, 2.24) is 4.90 Å². The van der Waals surface area contributed by atoms with Crippen LogP contribution in [0.1, 0.15) is 31.4 Å². The molecule has 6 nitrogen and oxygen atoms in total. The van der Waals surface area contributed by atoms with E-state index in [1.165, 1.54) is 24.0 Å². The van der Waals surface area contributed by atoms with Gasteiger partial charge in [0.2, 0.25) is 0 Å². The fourth-order valence-electron chi connectivity index (χ4n) is 3.10. The zero-order chi connectivity index (χ0) is 21.8. The number of alkyl halides is 3. The maximum Gasteiger partial charge on any atom is 0.416 e. The van der Waals surface area contributed by atoms with Crippen molar-refractivity contribution in [3.8, 4) is 0 Å². The molecule has 1 amide bonds. The Kier molecular flexibility index (Phi) is 7.10. The highest BCUT2D eigenvalue weighted by atomic mass is 32.2. The number of halogens is 3. The number of esters is 1. The Balaban J connectivity index is 1.99. The van der Waals surface area contributed by atoms with Gasteiger partial charge in [-0.05, 0) is 44.0 Å². The molecule has 1 saturated heterocycles. The fraction of sp³-hybridized carbons (Fsp3) is 0.474. The van der Waals surface area contributed by atoms with Crippen molar-refractivity contribution in [2.75, 3.05) is 18.1 Å². The van der Waals surface area contributed by atoms with Gasteiger partial charge < -0.3 is 9.64 Å². The van der Waals surface area contributed by atoms with E-state index in [4.69, 9.17) is 4.74 Å². The van der Waals surface area contributed by atoms with Crippen molar-refractivity contribution in [3.05, 3.63) is 41.5 Å². The molecule has 1 fully saturated rings. The molecule has 0 aliphatic carbocycles. The molecule has 0 bridgehead atoms. The molecule has 0 saturated carbocycles. The van der Waals surface area contributed by atoms with E-state index in [-0.39, 0.29) is 23.6 Å². The monoisotopic (exact) mass is 433 g/mol. The number of carbonyl (C=O) groups is 2. The zero-order valence-electron chi connectivity index (χ0n) is 16.0. The second kappa shape index (κ2) is 8.98. The number of hydrogen-bond donors (Lipinski definition) is 0. The topological polar surface area (TPSA) is 80.8 Å². The fourth-order valence-corrected chi connectivity index (χ4v) is 4.83. The van der Waals surface area contributed by atoms with Crippen molar-refractivity contribution >= 4 is 27.8 Å². The van der Waals surface area contributed by atoms with Gasteiger partial charge in [0.1, 0.15) is 0 Å². The van der Waals surface area contributed by atoms with Gasteiger partial charge in [0.25, 0.3) is 5.91 Å². The lowest BCUT2D eigenvalue weighted by atomic mass is 10.1. The third kappa shape index (κ3) is 6.31. The number of hydrogen-bond acceptors (Lipinski definition) is 5. The molecule has 1 aromatic carbocycles. The summed E-state index contributed by atoms with van der Waals surface area (Å²) < 4.78 is 66.5. The van der Waals surface area contributed by atoms with Gasteiger partial charge >= 0.3 is 12.1 Å². The third-order valence-electron chi connectivity index (χ3n) is 4.54. The van der Waals surface area contributed by atoms with Gasteiger partial charge in [-0.25, -0.2) is 13.2 Å². The van der Waals surface area contributed by atoms with Crippen molar-refractivity contribution in [2.24, 2.45) is 0 Å². The average Bonchev–Trinajstić information content (AvgIpc) is 2.99. The van der Waals surface area contributed by atoms with Gasteiger partial charge in [-0.3, -0.25) is 4.79 Å². The smallest absolute Gasteiger partial charge is 0.416 e. The molecule has 1 aliphatic heterocycles. The first-order valence-corrected chi connectivity index (χ1v) is 10.8. The lowest BCUT2D eigenvalue weighted by Gasteiger charge is -2.29. The van der Waals surface area contributed by atoms with Gasteiger partial charge in [-0.15, -0.1) is 0 Å². The molecule has 160 valence electrons. The summed E-state index contributed by atoms with van der Waals surface area (Å²) in [5.74, 6) is -1.52. The molecule has 0 radical (unpaired) electrons. The van der Waals surface area contributed by atoms with Gasteiger partial charge in [0.15, 0.2) is 15.9 Å². The number of likely N-dealkylation sites (N-methyl/N-ethyl adjacent to an activating group) is 1. The summed E-state index contributed by atoms with van der Waals surface area (Å²) in [5, 5.41) is 0. The van der Waals surface area contributed by atoms with Crippen LogP contribution in [0.4, 0.5) is 13.2 Å². The first-order valence-electron chi connectivity index (χ1n) is 9.00. The van der Waals surface area contributed by atoms with Gasteiger partial charge in [0, 0.05) is 18.7 Å². The van der Waals surface area contributed by atoms with Crippen LogP contribution < -0.4 is 0 Å². The number of nitrogens with zero attached hydrogens (tertiary/aromatic N) is 1. The normalized spacial score (nSPS) is 19.8. The number of carbonyl (C=O) groups excluding carboxylic acids is 2. The van der Waals surface area contributed by atoms with E-state index in [1.54, 1.807) is 6.92 Å². The Labute approximate surface area is 167 Å². The SMILES string of the molecule is CCN(C(=O)C(C)OC(=O)/C=C/c1cccc(C(F)(F)F)c1)C1CCS(=O)(=O)C1. The molecule has 2 unspecified atom stereocenters. The molecule has 29 heavy (non-hydrogen) atoms. The second-order valence-electron chi connectivity index (χ2n) is 6.72. The van der Waals surface area contributed by atoms with E-state index < -0.39 is 45.6 Å². The summed E-state index contributed by atoms with van der Waals surface area (Å²) >= 11 is 0. The summed E-state index contributed by atoms with van der Waals surface area (Å²) in [6.45, 7) is 3.33. The standard InChI is InChI=1S/C19H22F3NO5S/c1-3-23(16-9-10-29(26,27)12-16)18(25)13(2)28-17(24)8-7-14-5-4-6-15(11-14)19(20,21)22/h4-8,11,13,16H,3,9-10,12H2,1-2H3/b8-7+. The van der Waals surface area contributed by atoms with Crippen LogP contribution in [0, 0.1) is 0 Å². The van der Waals surface area contributed by atoms with Gasteiger partial charge in [-0.1, -0.05) is 12.1 Å². The third-order valence-corrected chi connectivity index (χ3v) is 6.29. The minimum absolute atomic E-state index is 0.00927. The first-order chi connectivity index (χ1) is 13.4. The van der Waals surface area contributed by atoms with Crippen molar-refractivity contribution in [1.29, 1.82) is 0 Å². The van der Waals surface area contributed by atoms with Crippen molar-refractivity contribution < 1.29 is 35.9 Å². The van der Waals surface area contributed by atoms with Crippen LogP contribution in [-0.2, 0) is 30.3 Å². The average molecular weight is 433 g/mol. The van der Waals surface area contributed by atoms with Crippen molar-refractivity contribution in [3.63, 3.8) is 0 Å². The Bertz CT molecular complexity index is 895. The van der Waals surface area contributed by atoms with E-state index in [0.29, 0.717) is 6.42 Å². The van der Waals surface area contributed by atoms with Gasteiger partial charge in [-0.2, -0.15) is 13.2 Å². The summed E-state index contributed by atoms with van der Waals surface area (Å²) in [5.41, 5.74) is -0.691. The summed E-state index contributed by atoms with van der Waals surface area (Å²) in [6, 6.07) is 3.96. The highest BCUT2D eigenvalue weighted by Gasteiger charge is 2.36. The molecule has 1 heterocycles. The molecule has 2 rings (SSSR count). The maximum atomic E-state index is 12.7. The van der Waals surface area contributed by atoms with Crippen LogP contribution in [0.3, 0.4) is 0 Å². The van der Waals surface area contributed by atoms with E-state index in [1.807, 2.05) is 0 Å². The van der Waals surface area contributed by atoms with Crippen LogP contribution in [0.5, 0.6) is 0 Å². The van der Waals surface area contributed by atoms with Crippen molar-refractivity contribution in [2.45, 2.75) is 38.6 Å². The second-order valence-corrected chi connectivity index (χ2v) is 8.95. The molecule has 1 aromatic rings. The predicted octanol–water partition coefficient (Wildman–Crippen LogP) is 2.69. The van der Waals surface area contributed by atoms with Gasteiger partial charge in [0.05, 0.1) is 17.1 Å². The van der Waals surface area contributed by atoms with Crippen LogP contribution in [0.2, 0.25) is 0 Å². The largest absolute Gasteiger partial charge is 0.449 e. The molecule has 0 spiro atoms. The highest BCUT2D eigenvalue weighted by molar-refractivity contribution is 7.91. The van der Waals surface area contributed by atoms with Crippen LogP contribution in [0.15, 0.2) is 30.3 Å². The van der Waals surface area contributed by atoms with Crippen LogP contribution >= 0.6 is 0 Å². The Morgan fingerprint density at radius 3 is 2.59 bits per heavy atom. The van der Waals surface area contributed by atoms with E-state index >= 15 is 0 Å². The molecule has 0 N–H and O–H groups in total. The molecule has 1 aliphatic rings. The quantitative estimate of drug-likeness (QED) is 0.509. The highest BCUT2D eigenvalue weighted by Crippen LogP contribution is 2.29. The number of sulfone groups is 1. The van der Waals surface area contributed by atoms with E-state index in [2.05, 4.69) is 0 Å². The number of rotatable bonds is 6.